The van der Waals surface area contributed by atoms with Crippen LogP contribution in [0.5, 0.6) is 0 Å². The van der Waals surface area contributed by atoms with E-state index in [1.165, 1.54) is 16.1 Å². The molecule has 0 radical (unpaired) electrons. The molecule has 0 bridgehead atoms. The van der Waals surface area contributed by atoms with E-state index < -0.39 is 11.8 Å². The number of amides is 3. The highest BCUT2D eigenvalue weighted by Crippen LogP contribution is 2.10. The molecule has 2 rings (SSSR count). The molecule has 1 saturated heterocycles. The number of furan rings is 1. The zero-order valence-corrected chi connectivity index (χ0v) is 13.1. The van der Waals surface area contributed by atoms with Crippen molar-refractivity contribution in [3.63, 3.8) is 0 Å². The number of piperazine rings is 1. The molecule has 1 aromatic heterocycles. The monoisotopic (exact) mass is 323 g/mol. The van der Waals surface area contributed by atoms with Gasteiger partial charge in [-0.25, -0.2) is 0 Å². The number of hydrogen-bond acceptors (Lipinski definition) is 5. The average Bonchev–Trinajstić information content (AvgIpc) is 3.12. The molecule has 1 fully saturated rings. The van der Waals surface area contributed by atoms with E-state index in [0.717, 1.165) is 0 Å². The quantitative estimate of drug-likeness (QED) is 0.747. The Hall–Kier alpha value is -2.35. The lowest BCUT2D eigenvalue weighted by molar-refractivity contribution is -0.152. The first-order chi connectivity index (χ1) is 11.1. The minimum Gasteiger partial charge on any atom is -0.459 e. The number of nitrogens with zero attached hydrogens (tertiary/aromatic N) is 3. The number of aliphatic hydroxyl groups excluding tert-OH is 1. The van der Waals surface area contributed by atoms with Crippen LogP contribution >= 0.6 is 0 Å². The maximum absolute atomic E-state index is 12.2. The summed E-state index contributed by atoms with van der Waals surface area (Å²) in [4.78, 5) is 40.8. The van der Waals surface area contributed by atoms with E-state index in [1.54, 1.807) is 24.0 Å². The second kappa shape index (κ2) is 7.77. The van der Waals surface area contributed by atoms with E-state index >= 15 is 0 Å². The average molecular weight is 323 g/mol. The van der Waals surface area contributed by atoms with Gasteiger partial charge in [-0.1, -0.05) is 0 Å². The molecule has 126 valence electrons. The predicted molar refractivity (Wildman–Crippen MR) is 80.5 cm³/mol. The van der Waals surface area contributed by atoms with Crippen molar-refractivity contribution in [3.8, 4) is 0 Å². The molecule has 8 heteroatoms. The fourth-order valence-electron chi connectivity index (χ4n) is 2.46. The van der Waals surface area contributed by atoms with Crippen molar-refractivity contribution in [2.75, 3.05) is 45.9 Å². The molecule has 0 aliphatic carbocycles. The summed E-state index contributed by atoms with van der Waals surface area (Å²) in [5.74, 6) is -1.16. The van der Waals surface area contributed by atoms with Crippen LogP contribution in [0.1, 0.15) is 17.5 Å². The van der Waals surface area contributed by atoms with Crippen LogP contribution in [0.15, 0.2) is 22.8 Å². The van der Waals surface area contributed by atoms with Gasteiger partial charge in [0.15, 0.2) is 5.76 Å². The summed E-state index contributed by atoms with van der Waals surface area (Å²) in [5, 5.41) is 8.92. The minimum atomic E-state index is -0.618. The molecule has 23 heavy (non-hydrogen) atoms. The number of rotatable bonds is 4. The largest absolute Gasteiger partial charge is 0.459 e. The summed E-state index contributed by atoms with van der Waals surface area (Å²) in [6, 6.07) is 3.24. The van der Waals surface area contributed by atoms with Crippen molar-refractivity contribution < 1.29 is 23.9 Å². The molecule has 0 atom stereocenters. The van der Waals surface area contributed by atoms with Gasteiger partial charge in [-0.3, -0.25) is 14.4 Å². The van der Waals surface area contributed by atoms with E-state index in [4.69, 9.17) is 9.52 Å². The fourth-order valence-corrected chi connectivity index (χ4v) is 2.46. The van der Waals surface area contributed by atoms with Gasteiger partial charge < -0.3 is 24.2 Å². The van der Waals surface area contributed by atoms with E-state index in [-0.39, 0.29) is 24.8 Å². The van der Waals surface area contributed by atoms with E-state index in [1.807, 2.05) is 0 Å². The van der Waals surface area contributed by atoms with Crippen LogP contribution in [0.2, 0.25) is 0 Å². The van der Waals surface area contributed by atoms with Crippen molar-refractivity contribution in [1.29, 1.82) is 0 Å². The van der Waals surface area contributed by atoms with E-state index in [9.17, 15) is 14.4 Å². The van der Waals surface area contributed by atoms with Gasteiger partial charge in [0.2, 0.25) is 0 Å². The summed E-state index contributed by atoms with van der Waals surface area (Å²) in [7, 11) is 0. The lowest BCUT2D eigenvalue weighted by Crippen LogP contribution is -2.54. The van der Waals surface area contributed by atoms with Gasteiger partial charge in [-0.05, 0) is 19.1 Å². The molecular formula is C15H21N3O5. The van der Waals surface area contributed by atoms with Crippen LogP contribution in [-0.4, -0.2) is 83.4 Å². The van der Waals surface area contributed by atoms with Crippen LogP contribution in [0.4, 0.5) is 0 Å². The number of carbonyl (C=O) groups excluding carboxylic acids is 3. The third-order valence-electron chi connectivity index (χ3n) is 3.81. The Bertz CT molecular complexity index is 549. The van der Waals surface area contributed by atoms with Crippen molar-refractivity contribution >= 4 is 17.7 Å². The molecule has 1 aromatic rings. The predicted octanol–water partition coefficient (Wildman–Crippen LogP) is -0.595. The van der Waals surface area contributed by atoms with Crippen molar-refractivity contribution in [3.05, 3.63) is 24.2 Å². The topological polar surface area (TPSA) is 94.3 Å². The maximum atomic E-state index is 12.2. The van der Waals surface area contributed by atoms with E-state index in [2.05, 4.69) is 0 Å². The van der Waals surface area contributed by atoms with Crippen LogP contribution in [-0.2, 0) is 9.59 Å². The molecule has 1 aliphatic heterocycles. The Kier molecular flexibility index (Phi) is 5.75. The molecule has 0 aromatic carbocycles. The highest BCUT2D eigenvalue weighted by Gasteiger charge is 2.30. The standard InChI is InChI=1S/C15H21N3O5/c1-2-16(9-10-19)14(21)15(22)18-7-5-17(6-8-18)13(20)12-4-3-11-23-12/h3-4,11,19H,2,5-10H2,1H3. The Morgan fingerprint density at radius 2 is 1.87 bits per heavy atom. The summed E-state index contributed by atoms with van der Waals surface area (Å²) >= 11 is 0. The van der Waals surface area contributed by atoms with Gasteiger partial charge in [0.25, 0.3) is 5.91 Å². The molecule has 8 nitrogen and oxygen atoms in total. The third kappa shape index (κ3) is 3.89. The molecule has 0 unspecified atom stereocenters. The first-order valence-electron chi connectivity index (χ1n) is 7.60. The second-order valence-electron chi connectivity index (χ2n) is 5.17. The maximum Gasteiger partial charge on any atom is 0.312 e. The van der Waals surface area contributed by atoms with Crippen molar-refractivity contribution in [2.24, 2.45) is 0 Å². The second-order valence-corrected chi connectivity index (χ2v) is 5.17. The molecule has 0 spiro atoms. The number of carbonyl (C=O) groups is 3. The molecule has 3 amide bonds. The highest BCUT2D eigenvalue weighted by molar-refractivity contribution is 6.34. The lowest BCUT2D eigenvalue weighted by atomic mass is 10.2. The van der Waals surface area contributed by atoms with Crippen LogP contribution in [0.25, 0.3) is 0 Å². The lowest BCUT2D eigenvalue weighted by Gasteiger charge is -2.34. The Morgan fingerprint density at radius 3 is 2.39 bits per heavy atom. The molecule has 1 N–H and O–H groups in total. The Balaban J connectivity index is 1.89. The van der Waals surface area contributed by atoms with Crippen LogP contribution in [0, 0.1) is 0 Å². The first-order valence-corrected chi connectivity index (χ1v) is 7.60. The molecular weight excluding hydrogens is 302 g/mol. The van der Waals surface area contributed by atoms with Gasteiger partial charge in [0.05, 0.1) is 12.9 Å². The van der Waals surface area contributed by atoms with Gasteiger partial charge >= 0.3 is 11.8 Å². The molecule has 1 aliphatic rings. The van der Waals surface area contributed by atoms with Crippen LogP contribution < -0.4 is 0 Å². The van der Waals surface area contributed by atoms with Gasteiger partial charge in [-0.15, -0.1) is 0 Å². The summed E-state index contributed by atoms with van der Waals surface area (Å²) in [6.45, 7) is 3.37. The third-order valence-corrected chi connectivity index (χ3v) is 3.81. The van der Waals surface area contributed by atoms with Crippen LogP contribution in [0.3, 0.4) is 0 Å². The smallest absolute Gasteiger partial charge is 0.312 e. The Labute approximate surface area is 134 Å². The fraction of sp³-hybridized carbons (Fsp3) is 0.533. The normalized spacial score (nSPS) is 14.7. The highest BCUT2D eigenvalue weighted by atomic mass is 16.3. The van der Waals surface area contributed by atoms with Crippen molar-refractivity contribution in [2.45, 2.75) is 6.92 Å². The Morgan fingerprint density at radius 1 is 1.22 bits per heavy atom. The zero-order chi connectivity index (χ0) is 16.8. The summed E-state index contributed by atoms with van der Waals surface area (Å²) in [6.07, 6.45) is 1.44. The van der Waals surface area contributed by atoms with Gasteiger partial charge in [0.1, 0.15) is 0 Å². The number of likely N-dealkylation sites (N-methyl/N-ethyl adjacent to an activating group) is 1. The number of aliphatic hydroxyl groups is 1. The first kappa shape index (κ1) is 17.0. The van der Waals surface area contributed by atoms with Gasteiger partial charge in [-0.2, -0.15) is 0 Å². The number of hydrogen-bond donors (Lipinski definition) is 1. The zero-order valence-electron chi connectivity index (χ0n) is 13.1. The summed E-state index contributed by atoms with van der Waals surface area (Å²) in [5.41, 5.74) is 0. The SMILES string of the molecule is CCN(CCO)C(=O)C(=O)N1CCN(C(=O)c2ccco2)CC1. The van der Waals surface area contributed by atoms with Gasteiger partial charge in [0, 0.05) is 39.3 Å². The minimum absolute atomic E-state index is 0.137. The van der Waals surface area contributed by atoms with Crippen molar-refractivity contribution in [1.82, 2.24) is 14.7 Å². The molecule has 2 heterocycles. The van der Waals surface area contributed by atoms with E-state index in [0.29, 0.717) is 32.7 Å². The molecule has 0 saturated carbocycles. The summed E-state index contributed by atoms with van der Waals surface area (Å²) < 4.78 is 5.08.